The van der Waals surface area contributed by atoms with Crippen LogP contribution in [0, 0.1) is 29.6 Å². The first-order chi connectivity index (χ1) is 6.26. The van der Waals surface area contributed by atoms with Crippen molar-refractivity contribution in [1.29, 1.82) is 0 Å². The Balaban J connectivity index is 1.78. The fraction of sp³-hybridized carbons (Fsp3) is 1.00. The number of rotatable bonds is 3. The van der Waals surface area contributed by atoms with Crippen LogP contribution in [-0.4, -0.2) is 0 Å². The summed E-state index contributed by atoms with van der Waals surface area (Å²) < 4.78 is 0. The highest BCUT2D eigenvalue weighted by Gasteiger charge is 2.45. The Morgan fingerprint density at radius 1 is 1.00 bits per heavy atom. The third-order valence-corrected chi connectivity index (χ3v) is 4.85. The number of hydrogen-bond donors (Lipinski definition) is 0. The summed E-state index contributed by atoms with van der Waals surface area (Å²) in [6, 6.07) is 0. The van der Waals surface area contributed by atoms with Crippen molar-refractivity contribution in [2.45, 2.75) is 52.9 Å². The topological polar surface area (TPSA) is 0 Å². The van der Waals surface area contributed by atoms with Gasteiger partial charge in [0.05, 0.1) is 0 Å². The van der Waals surface area contributed by atoms with Gasteiger partial charge in [-0.15, -0.1) is 0 Å². The molecule has 0 radical (unpaired) electrons. The van der Waals surface area contributed by atoms with Crippen molar-refractivity contribution >= 4 is 0 Å². The Labute approximate surface area is 83.1 Å². The molecule has 0 aromatic carbocycles. The summed E-state index contributed by atoms with van der Waals surface area (Å²) >= 11 is 0. The van der Waals surface area contributed by atoms with E-state index < -0.39 is 0 Å². The highest BCUT2D eigenvalue weighted by atomic mass is 14.5. The van der Waals surface area contributed by atoms with Crippen LogP contribution in [0.25, 0.3) is 0 Å². The second-order valence-electron chi connectivity index (χ2n) is 5.45. The minimum Gasteiger partial charge on any atom is -0.0651 e. The third-order valence-electron chi connectivity index (χ3n) is 4.85. The molecule has 3 unspecified atom stereocenters. The van der Waals surface area contributed by atoms with E-state index in [0.29, 0.717) is 0 Å². The van der Waals surface area contributed by atoms with Gasteiger partial charge >= 0.3 is 0 Å². The Morgan fingerprint density at radius 2 is 1.69 bits per heavy atom. The monoisotopic (exact) mass is 180 g/mol. The fourth-order valence-corrected chi connectivity index (χ4v) is 3.72. The molecule has 0 heteroatoms. The number of hydrogen-bond acceptors (Lipinski definition) is 0. The molecule has 0 nitrogen and oxygen atoms in total. The second kappa shape index (κ2) is 3.63. The molecule has 2 aliphatic rings. The normalized spacial score (nSPS) is 49.6. The molecular formula is C13H24. The maximum Gasteiger partial charge on any atom is -0.0352 e. The third kappa shape index (κ3) is 1.53. The molecule has 2 saturated carbocycles. The smallest absolute Gasteiger partial charge is 0.0352 e. The van der Waals surface area contributed by atoms with Crippen molar-refractivity contribution < 1.29 is 0 Å². The molecule has 0 aromatic rings. The Kier molecular flexibility index (Phi) is 2.67. The SMILES string of the molecule is CCC1CC(C2CC(C)C2CC)C1. The van der Waals surface area contributed by atoms with Crippen molar-refractivity contribution in [3.63, 3.8) is 0 Å². The molecule has 2 rings (SSSR count). The van der Waals surface area contributed by atoms with Gasteiger partial charge < -0.3 is 0 Å². The van der Waals surface area contributed by atoms with Gasteiger partial charge in [0, 0.05) is 0 Å². The molecule has 2 aliphatic carbocycles. The quantitative estimate of drug-likeness (QED) is 0.613. The zero-order chi connectivity index (χ0) is 9.42. The summed E-state index contributed by atoms with van der Waals surface area (Å²) in [6.07, 6.45) is 7.52. The van der Waals surface area contributed by atoms with Crippen LogP contribution in [0.4, 0.5) is 0 Å². The van der Waals surface area contributed by atoms with Crippen LogP contribution in [0.2, 0.25) is 0 Å². The molecule has 0 bridgehead atoms. The summed E-state index contributed by atoms with van der Waals surface area (Å²) in [4.78, 5) is 0. The molecule has 0 N–H and O–H groups in total. The van der Waals surface area contributed by atoms with Crippen molar-refractivity contribution in [3.05, 3.63) is 0 Å². The molecule has 76 valence electrons. The molecule has 0 aliphatic heterocycles. The zero-order valence-corrected chi connectivity index (χ0v) is 9.42. The maximum absolute atomic E-state index is 2.45. The first-order valence-corrected chi connectivity index (χ1v) is 6.26. The fourth-order valence-electron chi connectivity index (χ4n) is 3.72. The molecule has 3 atom stereocenters. The summed E-state index contributed by atoms with van der Waals surface area (Å²) in [6.45, 7) is 7.17. The molecule has 0 saturated heterocycles. The average Bonchev–Trinajstić information content (AvgIpc) is 2.01. The van der Waals surface area contributed by atoms with Crippen LogP contribution >= 0.6 is 0 Å². The van der Waals surface area contributed by atoms with E-state index in [9.17, 15) is 0 Å². The van der Waals surface area contributed by atoms with E-state index in [2.05, 4.69) is 20.8 Å². The molecular weight excluding hydrogens is 156 g/mol. The average molecular weight is 180 g/mol. The standard InChI is InChI=1S/C13H24/c1-4-10-7-11(8-10)13-6-9(3)12(13)5-2/h9-13H,4-8H2,1-3H3. The molecule has 13 heavy (non-hydrogen) atoms. The van der Waals surface area contributed by atoms with E-state index in [1.54, 1.807) is 19.3 Å². The summed E-state index contributed by atoms with van der Waals surface area (Å²) in [5, 5.41) is 0. The van der Waals surface area contributed by atoms with Crippen LogP contribution in [0.1, 0.15) is 52.9 Å². The summed E-state index contributed by atoms with van der Waals surface area (Å²) in [5.41, 5.74) is 0. The summed E-state index contributed by atoms with van der Waals surface area (Å²) in [7, 11) is 0. The summed E-state index contributed by atoms with van der Waals surface area (Å²) in [5.74, 6) is 5.48. The van der Waals surface area contributed by atoms with E-state index in [1.807, 2.05) is 0 Å². The van der Waals surface area contributed by atoms with Gasteiger partial charge in [0.15, 0.2) is 0 Å². The van der Waals surface area contributed by atoms with Gasteiger partial charge in [-0.1, -0.05) is 33.6 Å². The largest absolute Gasteiger partial charge is 0.0651 e. The van der Waals surface area contributed by atoms with E-state index in [-0.39, 0.29) is 0 Å². The van der Waals surface area contributed by atoms with Gasteiger partial charge in [-0.25, -0.2) is 0 Å². The van der Waals surface area contributed by atoms with Crippen LogP contribution in [-0.2, 0) is 0 Å². The second-order valence-corrected chi connectivity index (χ2v) is 5.45. The van der Waals surface area contributed by atoms with Crippen molar-refractivity contribution in [3.8, 4) is 0 Å². The van der Waals surface area contributed by atoms with E-state index >= 15 is 0 Å². The lowest BCUT2D eigenvalue weighted by Crippen LogP contribution is -2.44. The highest BCUT2D eigenvalue weighted by Crippen LogP contribution is 2.54. The Hall–Kier alpha value is 0. The van der Waals surface area contributed by atoms with Crippen LogP contribution in [0.5, 0.6) is 0 Å². The van der Waals surface area contributed by atoms with Gasteiger partial charge in [0.1, 0.15) is 0 Å². The van der Waals surface area contributed by atoms with Crippen LogP contribution in [0.15, 0.2) is 0 Å². The van der Waals surface area contributed by atoms with Crippen molar-refractivity contribution in [2.24, 2.45) is 29.6 Å². The van der Waals surface area contributed by atoms with Gasteiger partial charge in [-0.3, -0.25) is 0 Å². The molecule has 2 fully saturated rings. The first-order valence-electron chi connectivity index (χ1n) is 6.26. The van der Waals surface area contributed by atoms with Crippen molar-refractivity contribution in [2.75, 3.05) is 0 Å². The Morgan fingerprint density at radius 3 is 2.15 bits per heavy atom. The van der Waals surface area contributed by atoms with E-state index in [0.717, 1.165) is 29.6 Å². The first kappa shape index (κ1) is 9.55. The predicted octanol–water partition coefficient (Wildman–Crippen LogP) is 4.10. The highest BCUT2D eigenvalue weighted by molar-refractivity contribution is 4.94. The minimum atomic E-state index is 1.04. The lowest BCUT2D eigenvalue weighted by atomic mass is 9.53. The van der Waals surface area contributed by atoms with Gasteiger partial charge in [0.25, 0.3) is 0 Å². The molecule has 0 amide bonds. The maximum atomic E-state index is 2.45. The van der Waals surface area contributed by atoms with Crippen LogP contribution < -0.4 is 0 Å². The van der Waals surface area contributed by atoms with Crippen molar-refractivity contribution in [1.82, 2.24) is 0 Å². The Bertz CT molecular complexity index is 167. The van der Waals surface area contributed by atoms with E-state index in [4.69, 9.17) is 0 Å². The minimum absolute atomic E-state index is 1.04. The lowest BCUT2D eigenvalue weighted by molar-refractivity contribution is -0.0250. The molecule has 0 aromatic heterocycles. The zero-order valence-electron chi connectivity index (χ0n) is 9.42. The lowest BCUT2D eigenvalue weighted by Gasteiger charge is -2.52. The predicted molar refractivity (Wildman–Crippen MR) is 57.6 cm³/mol. The van der Waals surface area contributed by atoms with Gasteiger partial charge in [-0.05, 0) is 48.9 Å². The van der Waals surface area contributed by atoms with Crippen LogP contribution in [0.3, 0.4) is 0 Å². The van der Waals surface area contributed by atoms with Gasteiger partial charge in [0.2, 0.25) is 0 Å². The molecule has 0 spiro atoms. The van der Waals surface area contributed by atoms with Gasteiger partial charge in [-0.2, -0.15) is 0 Å². The molecule has 0 heterocycles. The van der Waals surface area contributed by atoms with E-state index in [1.165, 1.54) is 12.8 Å².